The van der Waals surface area contributed by atoms with Crippen LogP contribution < -0.4 is 10.7 Å². The number of hydrogen-bond donors (Lipinski definition) is 1. The minimum atomic E-state index is -0.0380. The Bertz CT molecular complexity index is 708. The van der Waals surface area contributed by atoms with Crippen LogP contribution in [0.25, 0.3) is 5.69 Å². The molecule has 0 aliphatic rings. The quantitative estimate of drug-likeness (QED) is 0.828. The highest BCUT2D eigenvalue weighted by atomic mass is 16.5. The second-order valence-electron chi connectivity index (χ2n) is 5.47. The number of methoxy groups -OCH3 is 1. The fraction of sp³-hybridized carbons (Fsp3) is 0.412. The molecule has 118 valence electrons. The first kappa shape index (κ1) is 16.4. The predicted octanol–water partition coefficient (Wildman–Crippen LogP) is 1.89. The largest absolute Gasteiger partial charge is 0.383 e. The highest BCUT2D eigenvalue weighted by Gasteiger charge is 2.09. The van der Waals surface area contributed by atoms with Gasteiger partial charge in [0.2, 0.25) is 5.43 Å². The molecule has 0 radical (unpaired) electrons. The third-order valence-electron chi connectivity index (χ3n) is 3.55. The Balaban J connectivity index is 2.35. The molecule has 1 aromatic heterocycles. The molecule has 5 nitrogen and oxygen atoms in total. The standard InChI is InChI=1S/C17H23N3O2/c1-12-5-6-13(2)16(9-12)20-14(3)10-17(21)15(19-20)11-18-7-8-22-4/h5-6,9-10,18H,7-8,11H2,1-4H3. The summed E-state index contributed by atoms with van der Waals surface area (Å²) in [4.78, 5) is 12.1. The molecule has 2 aromatic rings. The molecule has 22 heavy (non-hydrogen) atoms. The Morgan fingerprint density at radius 2 is 2.00 bits per heavy atom. The third-order valence-corrected chi connectivity index (χ3v) is 3.55. The van der Waals surface area contributed by atoms with Crippen molar-refractivity contribution in [2.45, 2.75) is 27.3 Å². The molecule has 1 N–H and O–H groups in total. The summed E-state index contributed by atoms with van der Waals surface area (Å²) in [6.45, 7) is 7.73. The van der Waals surface area contributed by atoms with Gasteiger partial charge in [-0.15, -0.1) is 0 Å². The summed E-state index contributed by atoms with van der Waals surface area (Å²) in [5, 5.41) is 7.71. The lowest BCUT2D eigenvalue weighted by Crippen LogP contribution is -2.26. The van der Waals surface area contributed by atoms with Crippen molar-refractivity contribution >= 4 is 0 Å². The Hall–Kier alpha value is -1.98. The van der Waals surface area contributed by atoms with Crippen LogP contribution in [0.15, 0.2) is 29.1 Å². The summed E-state index contributed by atoms with van der Waals surface area (Å²) in [6.07, 6.45) is 0. The van der Waals surface area contributed by atoms with Crippen LogP contribution in [0.2, 0.25) is 0 Å². The second kappa shape index (κ2) is 7.33. The highest BCUT2D eigenvalue weighted by Crippen LogP contribution is 2.16. The van der Waals surface area contributed by atoms with Gasteiger partial charge in [-0.2, -0.15) is 5.10 Å². The van der Waals surface area contributed by atoms with Crippen LogP contribution in [0.3, 0.4) is 0 Å². The molecule has 1 heterocycles. The third kappa shape index (κ3) is 3.81. The summed E-state index contributed by atoms with van der Waals surface area (Å²) in [5.41, 5.74) is 4.62. The lowest BCUT2D eigenvalue weighted by atomic mass is 10.1. The number of rotatable bonds is 6. The van der Waals surface area contributed by atoms with Gasteiger partial charge in [-0.1, -0.05) is 12.1 Å². The fourth-order valence-corrected chi connectivity index (χ4v) is 2.28. The van der Waals surface area contributed by atoms with Gasteiger partial charge in [-0.3, -0.25) is 4.79 Å². The molecular weight excluding hydrogens is 278 g/mol. The number of hydrogen-bond acceptors (Lipinski definition) is 4. The maximum absolute atomic E-state index is 12.1. The molecular formula is C17H23N3O2. The normalized spacial score (nSPS) is 10.9. The average molecular weight is 301 g/mol. The van der Waals surface area contributed by atoms with E-state index >= 15 is 0 Å². The van der Waals surface area contributed by atoms with E-state index in [0.29, 0.717) is 25.4 Å². The topological polar surface area (TPSA) is 56.1 Å². The van der Waals surface area contributed by atoms with Crippen LogP contribution in [0.1, 0.15) is 22.5 Å². The summed E-state index contributed by atoms with van der Waals surface area (Å²) in [6, 6.07) is 7.87. The first-order valence-electron chi connectivity index (χ1n) is 7.40. The zero-order valence-corrected chi connectivity index (χ0v) is 13.6. The Morgan fingerprint density at radius 3 is 2.73 bits per heavy atom. The molecule has 0 unspecified atom stereocenters. The van der Waals surface area contributed by atoms with Gasteiger partial charge in [0.05, 0.1) is 12.3 Å². The minimum absolute atomic E-state index is 0.0380. The van der Waals surface area contributed by atoms with E-state index in [2.05, 4.69) is 28.6 Å². The zero-order chi connectivity index (χ0) is 16.1. The van der Waals surface area contributed by atoms with Crippen molar-refractivity contribution in [1.82, 2.24) is 15.1 Å². The van der Waals surface area contributed by atoms with E-state index < -0.39 is 0 Å². The monoisotopic (exact) mass is 301 g/mol. The van der Waals surface area contributed by atoms with E-state index in [1.54, 1.807) is 13.2 Å². The number of benzene rings is 1. The molecule has 0 aliphatic carbocycles. The van der Waals surface area contributed by atoms with Gasteiger partial charge in [0.25, 0.3) is 0 Å². The van der Waals surface area contributed by atoms with Gasteiger partial charge in [0.1, 0.15) is 5.69 Å². The van der Waals surface area contributed by atoms with Gasteiger partial charge < -0.3 is 10.1 Å². The molecule has 0 spiro atoms. The summed E-state index contributed by atoms with van der Waals surface area (Å²) in [7, 11) is 1.65. The highest BCUT2D eigenvalue weighted by molar-refractivity contribution is 5.43. The molecule has 0 saturated heterocycles. The number of aromatic nitrogens is 2. The lowest BCUT2D eigenvalue weighted by molar-refractivity contribution is 0.199. The van der Waals surface area contributed by atoms with Crippen LogP contribution in [-0.4, -0.2) is 30.0 Å². The van der Waals surface area contributed by atoms with Gasteiger partial charge in [-0.05, 0) is 38.0 Å². The first-order chi connectivity index (χ1) is 10.5. The molecule has 2 rings (SSSR count). The Labute approximate surface area is 130 Å². The van der Waals surface area contributed by atoms with Crippen LogP contribution in [0.4, 0.5) is 0 Å². The maximum atomic E-state index is 12.1. The molecule has 5 heteroatoms. The molecule has 1 aromatic carbocycles. The SMILES string of the molecule is COCCNCc1nn(-c2cc(C)ccc2C)c(C)cc1=O. The van der Waals surface area contributed by atoms with Crippen LogP contribution >= 0.6 is 0 Å². The molecule has 0 fully saturated rings. The summed E-state index contributed by atoms with van der Waals surface area (Å²) >= 11 is 0. The van der Waals surface area contributed by atoms with Gasteiger partial charge in [-0.25, -0.2) is 4.68 Å². The Morgan fingerprint density at radius 1 is 1.23 bits per heavy atom. The smallest absolute Gasteiger partial charge is 0.204 e. The van der Waals surface area contributed by atoms with Crippen molar-refractivity contribution in [3.05, 3.63) is 57.0 Å². The number of nitrogens with one attached hydrogen (secondary N) is 1. The maximum Gasteiger partial charge on any atom is 0.204 e. The van der Waals surface area contributed by atoms with E-state index in [1.165, 1.54) is 5.56 Å². The van der Waals surface area contributed by atoms with E-state index in [0.717, 1.165) is 16.9 Å². The predicted molar refractivity (Wildman–Crippen MR) is 87.6 cm³/mol. The summed E-state index contributed by atoms with van der Waals surface area (Å²) in [5.74, 6) is 0. The van der Waals surface area contributed by atoms with Crippen molar-refractivity contribution in [2.24, 2.45) is 0 Å². The van der Waals surface area contributed by atoms with Gasteiger partial charge in [0.15, 0.2) is 0 Å². The van der Waals surface area contributed by atoms with Crippen molar-refractivity contribution in [3.63, 3.8) is 0 Å². The second-order valence-corrected chi connectivity index (χ2v) is 5.47. The summed E-state index contributed by atoms with van der Waals surface area (Å²) < 4.78 is 6.83. The van der Waals surface area contributed by atoms with E-state index in [9.17, 15) is 4.79 Å². The van der Waals surface area contributed by atoms with Crippen LogP contribution in [0, 0.1) is 20.8 Å². The fourth-order valence-electron chi connectivity index (χ4n) is 2.28. The number of nitrogens with zero attached hydrogens (tertiary/aromatic N) is 2. The molecule has 0 aliphatic heterocycles. The van der Waals surface area contributed by atoms with E-state index in [1.807, 2.05) is 25.5 Å². The van der Waals surface area contributed by atoms with Gasteiger partial charge >= 0.3 is 0 Å². The van der Waals surface area contributed by atoms with Crippen LogP contribution in [-0.2, 0) is 11.3 Å². The average Bonchev–Trinajstić information content (AvgIpc) is 2.48. The van der Waals surface area contributed by atoms with Crippen LogP contribution in [0.5, 0.6) is 0 Å². The Kier molecular flexibility index (Phi) is 5.46. The molecule has 0 bridgehead atoms. The minimum Gasteiger partial charge on any atom is -0.383 e. The number of aryl methyl sites for hydroxylation is 3. The van der Waals surface area contributed by atoms with E-state index in [-0.39, 0.29) is 5.43 Å². The van der Waals surface area contributed by atoms with Crippen molar-refractivity contribution in [2.75, 3.05) is 20.3 Å². The van der Waals surface area contributed by atoms with Crippen molar-refractivity contribution in [1.29, 1.82) is 0 Å². The van der Waals surface area contributed by atoms with Crippen molar-refractivity contribution in [3.8, 4) is 5.69 Å². The lowest BCUT2D eigenvalue weighted by Gasteiger charge is -2.14. The van der Waals surface area contributed by atoms with Crippen molar-refractivity contribution < 1.29 is 4.74 Å². The zero-order valence-electron chi connectivity index (χ0n) is 13.6. The molecule has 0 atom stereocenters. The molecule has 0 saturated carbocycles. The molecule has 0 amide bonds. The van der Waals surface area contributed by atoms with E-state index in [4.69, 9.17) is 4.74 Å². The number of ether oxygens (including phenoxy) is 1. The first-order valence-corrected chi connectivity index (χ1v) is 7.40. The van der Waals surface area contributed by atoms with Gasteiger partial charge in [0, 0.05) is 32.0 Å².